The standard InChI is InChI=1S/C13H20N6O3/c1-18(2)6-15-13-16-11-10(12(21)17-13)14-7-19(11)9-4-3-8(5-20)22-9/h7-9,20H,3-6H2,1-2H3,(H2,15,16,17,21). The molecule has 2 aromatic rings. The van der Waals surface area contributed by atoms with Gasteiger partial charge in [-0.05, 0) is 26.9 Å². The summed E-state index contributed by atoms with van der Waals surface area (Å²) in [5.41, 5.74) is 0.474. The molecule has 0 bridgehead atoms. The predicted octanol–water partition coefficient (Wildman–Crippen LogP) is -0.279. The van der Waals surface area contributed by atoms with E-state index in [1.54, 1.807) is 10.9 Å². The summed E-state index contributed by atoms with van der Waals surface area (Å²) < 4.78 is 7.48. The molecule has 9 heteroatoms. The fourth-order valence-electron chi connectivity index (χ4n) is 2.48. The molecular weight excluding hydrogens is 288 g/mol. The number of fused-ring (bicyclic) bond motifs is 1. The molecule has 0 amide bonds. The van der Waals surface area contributed by atoms with Gasteiger partial charge in [-0.15, -0.1) is 0 Å². The van der Waals surface area contributed by atoms with Crippen molar-refractivity contribution in [3.05, 3.63) is 16.7 Å². The summed E-state index contributed by atoms with van der Waals surface area (Å²) in [5, 5.41) is 12.2. The Morgan fingerprint density at radius 3 is 3.05 bits per heavy atom. The van der Waals surface area contributed by atoms with Crippen LogP contribution in [0.3, 0.4) is 0 Å². The van der Waals surface area contributed by atoms with Gasteiger partial charge in [0.2, 0.25) is 5.95 Å². The maximum absolute atomic E-state index is 12.1. The van der Waals surface area contributed by atoms with E-state index in [2.05, 4.69) is 20.3 Å². The van der Waals surface area contributed by atoms with E-state index in [-0.39, 0.29) is 30.0 Å². The van der Waals surface area contributed by atoms with Gasteiger partial charge in [-0.2, -0.15) is 4.98 Å². The number of nitrogens with one attached hydrogen (secondary N) is 2. The highest BCUT2D eigenvalue weighted by molar-refractivity contribution is 5.70. The molecule has 1 saturated heterocycles. The number of H-pyrrole nitrogens is 1. The molecule has 120 valence electrons. The molecule has 2 aromatic heterocycles. The number of hydrogen-bond donors (Lipinski definition) is 3. The van der Waals surface area contributed by atoms with Crippen LogP contribution in [0.1, 0.15) is 19.1 Å². The van der Waals surface area contributed by atoms with Gasteiger partial charge < -0.3 is 15.2 Å². The van der Waals surface area contributed by atoms with E-state index >= 15 is 0 Å². The van der Waals surface area contributed by atoms with Gasteiger partial charge in [-0.1, -0.05) is 0 Å². The highest BCUT2D eigenvalue weighted by atomic mass is 16.5. The number of anilines is 1. The Bertz CT molecular complexity index is 709. The van der Waals surface area contributed by atoms with Crippen LogP contribution >= 0.6 is 0 Å². The third-order valence-corrected chi connectivity index (χ3v) is 3.59. The van der Waals surface area contributed by atoms with Crippen molar-refractivity contribution in [2.45, 2.75) is 25.2 Å². The van der Waals surface area contributed by atoms with E-state index in [9.17, 15) is 4.79 Å². The lowest BCUT2D eigenvalue weighted by Gasteiger charge is -2.15. The molecule has 0 aliphatic carbocycles. The third kappa shape index (κ3) is 2.82. The van der Waals surface area contributed by atoms with Crippen molar-refractivity contribution >= 4 is 17.1 Å². The molecule has 0 aromatic carbocycles. The minimum atomic E-state index is -0.290. The van der Waals surface area contributed by atoms with E-state index in [4.69, 9.17) is 9.84 Å². The molecule has 3 rings (SSSR count). The van der Waals surface area contributed by atoms with Gasteiger partial charge in [-0.3, -0.25) is 19.2 Å². The fourth-order valence-corrected chi connectivity index (χ4v) is 2.48. The molecule has 0 radical (unpaired) electrons. The van der Waals surface area contributed by atoms with Crippen LogP contribution in [0.25, 0.3) is 11.2 Å². The summed E-state index contributed by atoms with van der Waals surface area (Å²) in [7, 11) is 3.82. The first-order valence-electron chi connectivity index (χ1n) is 7.20. The minimum Gasteiger partial charge on any atom is -0.394 e. The number of aromatic amines is 1. The van der Waals surface area contributed by atoms with Crippen LogP contribution in [0, 0.1) is 0 Å². The van der Waals surface area contributed by atoms with Crippen LogP contribution in [-0.4, -0.2) is 63.0 Å². The lowest BCUT2D eigenvalue weighted by atomic mass is 10.2. The number of imidazole rings is 1. The number of rotatable bonds is 5. The van der Waals surface area contributed by atoms with Crippen LogP contribution < -0.4 is 10.9 Å². The molecule has 22 heavy (non-hydrogen) atoms. The summed E-state index contributed by atoms with van der Waals surface area (Å²) in [6.07, 6.45) is 2.67. The number of aliphatic hydroxyl groups is 1. The average molecular weight is 308 g/mol. The zero-order valence-corrected chi connectivity index (χ0v) is 12.6. The van der Waals surface area contributed by atoms with Crippen molar-refractivity contribution in [2.24, 2.45) is 0 Å². The van der Waals surface area contributed by atoms with Gasteiger partial charge in [0.15, 0.2) is 11.2 Å². The van der Waals surface area contributed by atoms with E-state index in [0.717, 1.165) is 12.8 Å². The smallest absolute Gasteiger partial charge is 0.280 e. The molecule has 3 N–H and O–H groups in total. The van der Waals surface area contributed by atoms with E-state index < -0.39 is 0 Å². The van der Waals surface area contributed by atoms with Crippen LogP contribution in [0.4, 0.5) is 5.95 Å². The van der Waals surface area contributed by atoms with Crippen molar-refractivity contribution in [1.29, 1.82) is 0 Å². The summed E-state index contributed by atoms with van der Waals surface area (Å²) in [4.78, 5) is 25.2. The number of aromatic nitrogens is 4. The quantitative estimate of drug-likeness (QED) is 0.652. The Labute approximate surface area is 126 Å². The molecule has 2 unspecified atom stereocenters. The van der Waals surface area contributed by atoms with Gasteiger partial charge in [0.05, 0.1) is 25.7 Å². The van der Waals surface area contributed by atoms with Crippen molar-refractivity contribution in [3.8, 4) is 0 Å². The molecule has 3 heterocycles. The van der Waals surface area contributed by atoms with Gasteiger partial charge >= 0.3 is 0 Å². The molecule has 1 aliphatic heterocycles. The van der Waals surface area contributed by atoms with Crippen LogP contribution in [0.5, 0.6) is 0 Å². The predicted molar refractivity (Wildman–Crippen MR) is 80.6 cm³/mol. The Morgan fingerprint density at radius 2 is 2.36 bits per heavy atom. The molecular formula is C13H20N6O3. The molecule has 0 spiro atoms. The van der Waals surface area contributed by atoms with Crippen LogP contribution in [0.15, 0.2) is 11.1 Å². The summed E-state index contributed by atoms with van der Waals surface area (Å²) in [6.45, 7) is 0.544. The first-order valence-corrected chi connectivity index (χ1v) is 7.20. The Kier molecular flexibility index (Phi) is 4.10. The van der Waals surface area contributed by atoms with Crippen molar-refractivity contribution in [3.63, 3.8) is 0 Å². The van der Waals surface area contributed by atoms with Crippen molar-refractivity contribution in [2.75, 3.05) is 32.7 Å². The monoisotopic (exact) mass is 308 g/mol. The van der Waals surface area contributed by atoms with Crippen LogP contribution in [0.2, 0.25) is 0 Å². The molecule has 1 fully saturated rings. The SMILES string of the molecule is CN(C)CNc1nc2c(ncn2C2CCC(CO)O2)c(=O)[nH]1. The summed E-state index contributed by atoms with van der Waals surface area (Å²) in [5.74, 6) is 0.393. The minimum absolute atomic E-state index is 0.00716. The van der Waals surface area contributed by atoms with Crippen molar-refractivity contribution < 1.29 is 9.84 Å². The summed E-state index contributed by atoms with van der Waals surface area (Å²) >= 11 is 0. The van der Waals surface area contributed by atoms with Gasteiger partial charge in [-0.25, -0.2) is 4.98 Å². The zero-order valence-electron chi connectivity index (χ0n) is 12.6. The number of aliphatic hydroxyl groups excluding tert-OH is 1. The van der Waals surface area contributed by atoms with Crippen LogP contribution in [-0.2, 0) is 4.74 Å². The van der Waals surface area contributed by atoms with E-state index in [0.29, 0.717) is 18.3 Å². The fraction of sp³-hybridized carbons (Fsp3) is 0.615. The molecule has 1 aliphatic rings. The lowest BCUT2D eigenvalue weighted by Crippen LogP contribution is -2.23. The first kappa shape index (κ1) is 14.9. The molecule has 0 saturated carbocycles. The number of ether oxygens (including phenoxy) is 1. The topological polar surface area (TPSA) is 108 Å². The maximum Gasteiger partial charge on any atom is 0.280 e. The Morgan fingerprint density at radius 1 is 1.55 bits per heavy atom. The highest BCUT2D eigenvalue weighted by Gasteiger charge is 2.27. The highest BCUT2D eigenvalue weighted by Crippen LogP contribution is 2.29. The first-order chi connectivity index (χ1) is 10.6. The Balaban J connectivity index is 1.93. The van der Waals surface area contributed by atoms with Gasteiger partial charge in [0, 0.05) is 0 Å². The maximum atomic E-state index is 12.1. The van der Waals surface area contributed by atoms with Crippen molar-refractivity contribution in [1.82, 2.24) is 24.4 Å². The average Bonchev–Trinajstić information content (AvgIpc) is 3.11. The van der Waals surface area contributed by atoms with Gasteiger partial charge in [0.1, 0.15) is 6.23 Å². The number of hydrogen-bond acceptors (Lipinski definition) is 7. The van der Waals surface area contributed by atoms with E-state index in [1.165, 1.54) is 0 Å². The number of nitrogens with zero attached hydrogens (tertiary/aromatic N) is 4. The largest absolute Gasteiger partial charge is 0.394 e. The normalized spacial score (nSPS) is 21.8. The lowest BCUT2D eigenvalue weighted by molar-refractivity contribution is -0.0207. The second-order valence-corrected chi connectivity index (χ2v) is 5.63. The zero-order chi connectivity index (χ0) is 15.7. The van der Waals surface area contributed by atoms with Gasteiger partial charge in [0.25, 0.3) is 5.56 Å². The summed E-state index contributed by atoms with van der Waals surface area (Å²) in [6, 6.07) is 0. The Hall–Kier alpha value is -1.97. The second kappa shape index (κ2) is 6.03. The molecule has 9 nitrogen and oxygen atoms in total. The second-order valence-electron chi connectivity index (χ2n) is 5.63. The van der Waals surface area contributed by atoms with E-state index in [1.807, 2.05) is 19.0 Å². The molecule has 2 atom stereocenters. The third-order valence-electron chi connectivity index (χ3n) is 3.59.